The highest BCUT2D eigenvalue weighted by molar-refractivity contribution is 7.88. The number of methoxy groups -OCH3 is 1. The second-order valence-corrected chi connectivity index (χ2v) is 11.8. The van der Waals surface area contributed by atoms with Crippen LogP contribution in [0.1, 0.15) is 29.2 Å². The maximum Gasteiger partial charge on any atom is 0.273 e. The molecule has 3 aromatic rings. The van der Waals surface area contributed by atoms with Gasteiger partial charge in [-0.15, -0.1) is 10.2 Å². The lowest BCUT2D eigenvalue weighted by molar-refractivity contribution is -0.117. The Balaban J connectivity index is 1.36. The van der Waals surface area contributed by atoms with E-state index in [1.165, 1.54) is 24.7 Å². The quantitative estimate of drug-likeness (QED) is 0.308. The Labute approximate surface area is 236 Å². The van der Waals surface area contributed by atoms with Crippen molar-refractivity contribution in [3.05, 3.63) is 35.9 Å². The first-order chi connectivity index (χ1) is 19.7. The minimum Gasteiger partial charge on any atom is -0.494 e. The van der Waals surface area contributed by atoms with Gasteiger partial charge in [0.2, 0.25) is 27.6 Å². The van der Waals surface area contributed by atoms with E-state index in [2.05, 4.69) is 36.3 Å². The maximum atomic E-state index is 12.5. The summed E-state index contributed by atoms with van der Waals surface area (Å²) >= 11 is 0. The molecule has 15 nitrogen and oxygen atoms in total. The molecular formula is C25H31N9O6S. The number of piperazine rings is 1. The van der Waals surface area contributed by atoms with Gasteiger partial charge in [-0.3, -0.25) is 14.5 Å². The van der Waals surface area contributed by atoms with Crippen LogP contribution >= 0.6 is 0 Å². The number of carbonyl (C=O) groups excluding carboxylic acids is 2. The van der Waals surface area contributed by atoms with Crippen LogP contribution in [0.25, 0.3) is 11.4 Å². The molecule has 1 aromatic carbocycles. The molecule has 2 amide bonds. The molecule has 0 bridgehead atoms. The molecule has 2 aromatic heterocycles. The predicted molar refractivity (Wildman–Crippen MR) is 148 cm³/mol. The van der Waals surface area contributed by atoms with Crippen LogP contribution in [-0.4, -0.2) is 96.4 Å². The molecule has 1 saturated carbocycles. The number of carbonyl (C=O) groups is 2. The summed E-state index contributed by atoms with van der Waals surface area (Å²) < 4.78 is 36.2. The van der Waals surface area contributed by atoms with Crippen molar-refractivity contribution in [3.63, 3.8) is 0 Å². The Bertz CT molecular complexity index is 1550. The van der Waals surface area contributed by atoms with E-state index in [1.54, 1.807) is 24.3 Å². The van der Waals surface area contributed by atoms with Gasteiger partial charge in [0, 0.05) is 45.2 Å². The Kier molecular flexibility index (Phi) is 8.14. The van der Waals surface area contributed by atoms with Crippen LogP contribution in [-0.2, 0) is 21.4 Å². The average molecular weight is 586 g/mol. The lowest BCUT2D eigenvalue weighted by Gasteiger charge is -2.32. The molecule has 3 heterocycles. The topological polar surface area (TPSA) is 185 Å². The van der Waals surface area contributed by atoms with E-state index in [1.807, 2.05) is 4.90 Å². The zero-order valence-corrected chi connectivity index (χ0v) is 23.7. The van der Waals surface area contributed by atoms with Crippen LogP contribution in [0.15, 0.2) is 28.8 Å². The van der Waals surface area contributed by atoms with Crippen molar-refractivity contribution in [1.29, 1.82) is 0 Å². The van der Waals surface area contributed by atoms with Crippen molar-refractivity contribution in [2.45, 2.75) is 19.4 Å². The van der Waals surface area contributed by atoms with Crippen molar-refractivity contribution < 1.29 is 27.3 Å². The van der Waals surface area contributed by atoms with Gasteiger partial charge in [0.15, 0.2) is 17.3 Å². The van der Waals surface area contributed by atoms with Crippen molar-refractivity contribution in [3.8, 4) is 17.1 Å². The van der Waals surface area contributed by atoms with E-state index in [-0.39, 0.29) is 23.3 Å². The van der Waals surface area contributed by atoms with Gasteiger partial charge >= 0.3 is 0 Å². The van der Waals surface area contributed by atoms with Crippen LogP contribution in [0, 0.1) is 5.92 Å². The smallest absolute Gasteiger partial charge is 0.273 e. The van der Waals surface area contributed by atoms with E-state index < -0.39 is 15.9 Å². The van der Waals surface area contributed by atoms with Crippen LogP contribution in [0.2, 0.25) is 0 Å². The maximum absolute atomic E-state index is 12.5. The summed E-state index contributed by atoms with van der Waals surface area (Å²) in [5.74, 6) is 0.660. The number of hydrogen-bond acceptors (Lipinski definition) is 12. The van der Waals surface area contributed by atoms with Gasteiger partial charge in [0.05, 0.1) is 36.8 Å². The molecule has 0 unspecified atom stereocenters. The molecule has 2 fully saturated rings. The molecule has 16 heteroatoms. The normalized spacial score (nSPS) is 16.3. The Morgan fingerprint density at radius 2 is 1.88 bits per heavy atom. The van der Waals surface area contributed by atoms with Crippen molar-refractivity contribution >= 4 is 39.0 Å². The van der Waals surface area contributed by atoms with E-state index in [0.717, 1.165) is 12.8 Å². The highest BCUT2D eigenvalue weighted by Crippen LogP contribution is 2.37. The SMILES string of the molecule is CNC(=O)c1nnc(NC(=O)C2CC2)cc1Nc1cccc(-c2noc(CN3CCN(S(C)(=O)=O)CC3)n2)c1OC. The van der Waals surface area contributed by atoms with E-state index in [4.69, 9.17) is 9.26 Å². The number of aromatic nitrogens is 4. The highest BCUT2D eigenvalue weighted by Gasteiger charge is 2.30. The Morgan fingerprint density at radius 1 is 1.12 bits per heavy atom. The van der Waals surface area contributed by atoms with Crippen molar-refractivity contribution in [2.24, 2.45) is 5.92 Å². The second-order valence-electron chi connectivity index (χ2n) is 9.80. The number of anilines is 3. The number of hydrogen-bond donors (Lipinski definition) is 3. The molecule has 41 heavy (non-hydrogen) atoms. The minimum absolute atomic E-state index is 0.0273. The Morgan fingerprint density at radius 3 is 2.54 bits per heavy atom. The highest BCUT2D eigenvalue weighted by atomic mass is 32.2. The molecule has 218 valence electrons. The number of nitrogens with zero attached hydrogens (tertiary/aromatic N) is 6. The molecule has 0 radical (unpaired) electrons. The summed E-state index contributed by atoms with van der Waals surface area (Å²) in [4.78, 5) is 31.3. The van der Waals surface area contributed by atoms with E-state index >= 15 is 0 Å². The number of nitrogens with one attached hydrogen (secondary N) is 3. The third-order valence-corrected chi connectivity index (χ3v) is 8.10. The summed E-state index contributed by atoms with van der Waals surface area (Å²) in [7, 11) is -0.238. The molecule has 1 aliphatic carbocycles. The fourth-order valence-electron chi connectivity index (χ4n) is 4.42. The van der Waals surface area contributed by atoms with Gasteiger partial charge in [0.1, 0.15) is 0 Å². The molecule has 5 rings (SSSR count). The summed E-state index contributed by atoms with van der Waals surface area (Å²) in [6.45, 7) is 2.26. The first-order valence-corrected chi connectivity index (χ1v) is 14.9. The van der Waals surface area contributed by atoms with E-state index in [0.29, 0.717) is 67.1 Å². The average Bonchev–Trinajstić information content (AvgIpc) is 3.71. The van der Waals surface area contributed by atoms with Crippen molar-refractivity contribution in [1.82, 2.24) is 34.9 Å². The number of benzene rings is 1. The molecule has 0 spiro atoms. The minimum atomic E-state index is -3.22. The number of para-hydroxylation sites is 1. The Hall–Kier alpha value is -4.15. The van der Waals surface area contributed by atoms with Gasteiger partial charge in [-0.25, -0.2) is 8.42 Å². The summed E-state index contributed by atoms with van der Waals surface area (Å²) in [5.41, 5.74) is 1.37. The number of amides is 2. The molecule has 1 aliphatic heterocycles. The summed E-state index contributed by atoms with van der Waals surface area (Å²) in [6, 6.07) is 6.83. The fourth-order valence-corrected chi connectivity index (χ4v) is 5.25. The third kappa shape index (κ3) is 6.61. The number of sulfonamides is 1. The molecule has 0 atom stereocenters. The first kappa shape index (κ1) is 28.4. The summed E-state index contributed by atoms with van der Waals surface area (Å²) in [5, 5.41) is 20.6. The van der Waals surface area contributed by atoms with Gasteiger partial charge in [-0.1, -0.05) is 11.2 Å². The van der Waals surface area contributed by atoms with Gasteiger partial charge in [-0.2, -0.15) is 9.29 Å². The number of rotatable bonds is 10. The standard InChI is InChI=1S/C25H31N9O6S/c1-26-25(36)21-18(13-19(30-31-21)28-24(35)15-7-8-15)27-17-6-4-5-16(22(17)39-2)23-29-20(40-32-23)14-33-9-11-34(12-10-33)41(3,37)38/h4-6,13,15H,7-12,14H2,1-3H3,(H,26,36)(H2,27,28,30,35). The second kappa shape index (κ2) is 11.8. The molecule has 3 N–H and O–H groups in total. The van der Waals surface area contributed by atoms with Gasteiger partial charge < -0.3 is 25.2 Å². The monoisotopic (exact) mass is 585 g/mol. The van der Waals surface area contributed by atoms with Crippen LogP contribution in [0.4, 0.5) is 17.2 Å². The largest absolute Gasteiger partial charge is 0.494 e. The van der Waals surface area contributed by atoms with E-state index in [9.17, 15) is 18.0 Å². The zero-order chi connectivity index (χ0) is 29.1. The van der Waals surface area contributed by atoms with Gasteiger partial charge in [0.25, 0.3) is 5.91 Å². The molecule has 1 saturated heterocycles. The molecule has 2 aliphatic rings. The van der Waals surface area contributed by atoms with Crippen LogP contribution in [0.3, 0.4) is 0 Å². The van der Waals surface area contributed by atoms with Crippen LogP contribution < -0.4 is 20.7 Å². The van der Waals surface area contributed by atoms with Gasteiger partial charge in [-0.05, 0) is 25.0 Å². The van der Waals surface area contributed by atoms with Crippen LogP contribution in [0.5, 0.6) is 5.75 Å². The third-order valence-electron chi connectivity index (χ3n) is 6.79. The lowest BCUT2D eigenvalue weighted by atomic mass is 10.1. The fraction of sp³-hybridized carbons (Fsp3) is 0.440. The zero-order valence-electron chi connectivity index (χ0n) is 22.9. The molecular weight excluding hydrogens is 554 g/mol. The summed E-state index contributed by atoms with van der Waals surface area (Å²) in [6.07, 6.45) is 2.88. The lowest BCUT2D eigenvalue weighted by Crippen LogP contribution is -2.47. The van der Waals surface area contributed by atoms with Crippen molar-refractivity contribution in [2.75, 3.05) is 57.2 Å². The number of ether oxygens (including phenoxy) is 1. The predicted octanol–water partition coefficient (Wildman–Crippen LogP) is 1.06. The first-order valence-electron chi connectivity index (χ1n) is 13.0.